The topological polar surface area (TPSA) is 116 Å². The number of hydrogen-bond acceptors (Lipinski definition) is 5. The lowest BCUT2D eigenvalue weighted by Crippen LogP contribution is -2.44. The Morgan fingerprint density at radius 1 is 1.00 bits per heavy atom. The molecule has 8 nitrogen and oxygen atoms in total. The third kappa shape index (κ3) is 5.45. The zero-order valence-electron chi connectivity index (χ0n) is 18.1. The minimum Gasteiger partial charge on any atom is -0.361 e. The molecular formula is C24H23N5O3S. The van der Waals surface area contributed by atoms with Crippen LogP contribution in [0.25, 0.3) is 22.2 Å². The number of carbonyl (C=O) groups is 3. The molecule has 0 aliphatic rings. The van der Waals surface area contributed by atoms with E-state index in [1.165, 1.54) is 25.2 Å². The highest BCUT2D eigenvalue weighted by Gasteiger charge is 2.22. The number of thiazole rings is 1. The second kappa shape index (κ2) is 9.66. The van der Waals surface area contributed by atoms with E-state index in [2.05, 4.69) is 25.9 Å². The summed E-state index contributed by atoms with van der Waals surface area (Å²) in [5, 5.41) is 11.6. The predicted molar refractivity (Wildman–Crippen MR) is 130 cm³/mol. The highest BCUT2D eigenvalue weighted by molar-refractivity contribution is 7.14. The molecule has 0 radical (unpaired) electrons. The van der Waals surface area contributed by atoms with Gasteiger partial charge in [-0.1, -0.05) is 30.3 Å². The number of anilines is 2. The van der Waals surface area contributed by atoms with E-state index >= 15 is 0 Å². The number of benzene rings is 2. The van der Waals surface area contributed by atoms with Crippen LogP contribution < -0.4 is 16.0 Å². The monoisotopic (exact) mass is 461 g/mol. The molecule has 0 spiro atoms. The molecule has 4 rings (SSSR count). The SMILES string of the molecule is CC(=O)Nc1ccc(-c2csc(NC(=O)[C@H](Cc3c[nH]c4ccccc34)NC(C)=O)n2)cc1. The van der Waals surface area contributed by atoms with E-state index in [1.807, 2.05) is 48.0 Å². The van der Waals surface area contributed by atoms with Gasteiger partial charge in [-0.15, -0.1) is 11.3 Å². The van der Waals surface area contributed by atoms with Crippen LogP contribution in [0, 0.1) is 0 Å². The molecule has 0 unspecified atom stereocenters. The molecule has 0 aliphatic carbocycles. The Bertz CT molecular complexity index is 1310. The number of rotatable bonds is 7. The highest BCUT2D eigenvalue weighted by atomic mass is 32.1. The minimum atomic E-state index is -0.744. The van der Waals surface area contributed by atoms with E-state index in [1.54, 1.807) is 12.1 Å². The van der Waals surface area contributed by atoms with Crippen LogP contribution in [-0.4, -0.2) is 33.7 Å². The van der Waals surface area contributed by atoms with Gasteiger partial charge in [0.2, 0.25) is 17.7 Å². The molecule has 0 saturated heterocycles. The van der Waals surface area contributed by atoms with Crippen LogP contribution in [0.2, 0.25) is 0 Å². The number of H-pyrrole nitrogens is 1. The zero-order valence-corrected chi connectivity index (χ0v) is 19.0. The Hall–Kier alpha value is -3.98. The van der Waals surface area contributed by atoms with E-state index in [0.717, 1.165) is 22.0 Å². The second-order valence-corrected chi connectivity index (χ2v) is 8.46. The molecular weight excluding hydrogens is 438 g/mol. The molecule has 0 bridgehead atoms. The molecule has 2 heterocycles. The first-order chi connectivity index (χ1) is 15.9. The Kier molecular flexibility index (Phi) is 6.50. The van der Waals surface area contributed by atoms with Gasteiger partial charge in [0.15, 0.2) is 5.13 Å². The molecule has 2 aromatic heterocycles. The maximum absolute atomic E-state index is 13.0. The van der Waals surface area contributed by atoms with E-state index in [0.29, 0.717) is 22.9 Å². The van der Waals surface area contributed by atoms with Gasteiger partial charge in [-0.25, -0.2) is 4.98 Å². The maximum Gasteiger partial charge on any atom is 0.249 e. The van der Waals surface area contributed by atoms with Gasteiger partial charge in [-0.05, 0) is 23.8 Å². The summed E-state index contributed by atoms with van der Waals surface area (Å²) < 4.78 is 0. The average molecular weight is 462 g/mol. The molecule has 9 heteroatoms. The maximum atomic E-state index is 13.0. The lowest BCUT2D eigenvalue weighted by atomic mass is 10.0. The fourth-order valence-electron chi connectivity index (χ4n) is 3.56. The first-order valence-electron chi connectivity index (χ1n) is 10.4. The predicted octanol–water partition coefficient (Wildman–Crippen LogP) is 3.94. The van der Waals surface area contributed by atoms with Crippen molar-refractivity contribution in [1.29, 1.82) is 0 Å². The molecule has 0 saturated carbocycles. The quantitative estimate of drug-likeness (QED) is 0.334. The Morgan fingerprint density at radius 3 is 2.48 bits per heavy atom. The van der Waals surface area contributed by atoms with Crippen LogP contribution in [0.3, 0.4) is 0 Å². The van der Waals surface area contributed by atoms with Crippen LogP contribution in [0.15, 0.2) is 60.1 Å². The first-order valence-corrected chi connectivity index (χ1v) is 11.2. The summed E-state index contributed by atoms with van der Waals surface area (Å²) in [5.74, 6) is -0.755. The fourth-order valence-corrected chi connectivity index (χ4v) is 4.28. The standard InChI is InChI=1S/C24H23N5O3S/c1-14(30)26-18-9-7-16(8-10-18)22-13-33-24(28-22)29-23(32)21(27-15(2)31)11-17-12-25-20-6-4-3-5-19(17)20/h3-10,12-13,21,25H,11H2,1-2H3,(H,26,30)(H,27,31)(H,28,29,32)/t21-/m0/s1. The van der Waals surface area contributed by atoms with Crippen LogP contribution in [-0.2, 0) is 20.8 Å². The number of amides is 3. The summed E-state index contributed by atoms with van der Waals surface area (Å²) in [6, 6.07) is 14.4. The largest absolute Gasteiger partial charge is 0.361 e. The average Bonchev–Trinajstić information content (AvgIpc) is 3.40. The van der Waals surface area contributed by atoms with Gasteiger partial charge in [0.25, 0.3) is 0 Å². The van der Waals surface area contributed by atoms with Crippen molar-refractivity contribution in [3.8, 4) is 11.3 Å². The fraction of sp³-hybridized carbons (Fsp3) is 0.167. The van der Waals surface area contributed by atoms with Crippen molar-refractivity contribution in [2.75, 3.05) is 10.6 Å². The summed E-state index contributed by atoms with van der Waals surface area (Å²) in [7, 11) is 0. The van der Waals surface area contributed by atoms with Crippen LogP contribution in [0.5, 0.6) is 0 Å². The summed E-state index contributed by atoms with van der Waals surface area (Å²) >= 11 is 1.30. The molecule has 0 aliphatic heterocycles. The molecule has 2 aromatic carbocycles. The number of nitrogens with zero attached hydrogens (tertiary/aromatic N) is 1. The van der Waals surface area contributed by atoms with Gasteiger partial charge >= 0.3 is 0 Å². The van der Waals surface area contributed by atoms with Crippen LogP contribution in [0.4, 0.5) is 10.8 Å². The normalized spacial score (nSPS) is 11.7. The Labute approximate surface area is 194 Å². The zero-order chi connectivity index (χ0) is 23.4. The molecule has 4 N–H and O–H groups in total. The van der Waals surface area contributed by atoms with Gasteiger partial charge in [0.05, 0.1) is 5.69 Å². The van der Waals surface area contributed by atoms with Crippen molar-refractivity contribution in [2.45, 2.75) is 26.3 Å². The summed E-state index contributed by atoms with van der Waals surface area (Å²) in [5.41, 5.74) is 4.18. The number of fused-ring (bicyclic) bond motifs is 1. The van der Waals surface area contributed by atoms with E-state index < -0.39 is 6.04 Å². The first kappa shape index (κ1) is 22.2. The van der Waals surface area contributed by atoms with Gasteiger partial charge < -0.3 is 20.9 Å². The third-order valence-corrected chi connectivity index (χ3v) is 5.79. The van der Waals surface area contributed by atoms with E-state index in [9.17, 15) is 14.4 Å². The van der Waals surface area contributed by atoms with Crippen LogP contribution >= 0.6 is 11.3 Å². The Balaban J connectivity index is 1.47. The lowest BCUT2D eigenvalue weighted by molar-refractivity contribution is -0.125. The van der Waals surface area contributed by atoms with E-state index in [-0.39, 0.29) is 17.7 Å². The number of carbonyl (C=O) groups excluding carboxylic acids is 3. The van der Waals surface area contributed by atoms with Crippen molar-refractivity contribution in [2.24, 2.45) is 0 Å². The van der Waals surface area contributed by atoms with Gasteiger partial charge in [-0.3, -0.25) is 14.4 Å². The summed E-state index contributed by atoms with van der Waals surface area (Å²) in [6.45, 7) is 2.84. The van der Waals surface area contributed by atoms with Gasteiger partial charge in [0, 0.05) is 54.0 Å². The Morgan fingerprint density at radius 2 is 1.76 bits per heavy atom. The smallest absolute Gasteiger partial charge is 0.249 e. The molecule has 3 amide bonds. The molecule has 33 heavy (non-hydrogen) atoms. The van der Waals surface area contributed by atoms with Crippen molar-refractivity contribution >= 4 is 50.8 Å². The van der Waals surface area contributed by atoms with Crippen molar-refractivity contribution in [3.63, 3.8) is 0 Å². The van der Waals surface area contributed by atoms with Crippen molar-refractivity contribution < 1.29 is 14.4 Å². The van der Waals surface area contributed by atoms with Gasteiger partial charge in [0.1, 0.15) is 6.04 Å². The van der Waals surface area contributed by atoms with E-state index in [4.69, 9.17) is 0 Å². The van der Waals surface area contributed by atoms with Crippen molar-refractivity contribution in [3.05, 3.63) is 65.7 Å². The second-order valence-electron chi connectivity index (χ2n) is 7.60. The molecule has 168 valence electrons. The molecule has 0 fully saturated rings. The molecule has 4 aromatic rings. The van der Waals surface area contributed by atoms with Gasteiger partial charge in [-0.2, -0.15) is 0 Å². The number of nitrogens with one attached hydrogen (secondary N) is 4. The summed E-state index contributed by atoms with van der Waals surface area (Å²) in [4.78, 5) is 43.6. The minimum absolute atomic E-state index is 0.136. The van der Waals surface area contributed by atoms with Crippen LogP contribution in [0.1, 0.15) is 19.4 Å². The third-order valence-electron chi connectivity index (χ3n) is 5.03. The van der Waals surface area contributed by atoms with Crippen molar-refractivity contribution in [1.82, 2.24) is 15.3 Å². The highest BCUT2D eigenvalue weighted by Crippen LogP contribution is 2.26. The number of para-hydroxylation sites is 1. The number of aromatic nitrogens is 2. The number of hydrogen-bond donors (Lipinski definition) is 4. The summed E-state index contributed by atoms with van der Waals surface area (Å²) in [6.07, 6.45) is 2.21. The number of aromatic amines is 1. The lowest BCUT2D eigenvalue weighted by Gasteiger charge is -2.16. The molecule has 1 atom stereocenters.